The van der Waals surface area contributed by atoms with Crippen LogP contribution in [0.15, 0.2) is 42.6 Å². The summed E-state index contributed by atoms with van der Waals surface area (Å²) in [5.41, 5.74) is 11.0. The maximum Gasteiger partial charge on any atom is 0.203 e. The van der Waals surface area contributed by atoms with Crippen LogP contribution in [0.1, 0.15) is 55.6 Å². The Morgan fingerprint density at radius 1 is 0.778 bits per heavy atom. The van der Waals surface area contributed by atoms with Crippen LogP contribution in [0, 0.1) is 20.8 Å². The van der Waals surface area contributed by atoms with Crippen molar-refractivity contribution in [3.8, 4) is 16.8 Å². The molecule has 2 heteroatoms. The highest BCUT2D eigenvalue weighted by atomic mass is 15.4. The number of benzene rings is 2. The Labute approximate surface area is 163 Å². The van der Waals surface area contributed by atoms with Gasteiger partial charge in [0.2, 0.25) is 6.20 Å². The van der Waals surface area contributed by atoms with Gasteiger partial charge in [-0.15, -0.1) is 9.36 Å². The number of rotatable bonds is 1. The van der Waals surface area contributed by atoms with Gasteiger partial charge in [0, 0.05) is 10.8 Å². The topological polar surface area (TPSA) is 8.81 Å². The van der Waals surface area contributed by atoms with Crippen molar-refractivity contribution < 1.29 is 4.68 Å². The Hall–Kier alpha value is -2.35. The molecule has 0 atom stereocenters. The fraction of sp³-hybridized carbons (Fsp3) is 0.400. The van der Waals surface area contributed by atoms with Crippen molar-refractivity contribution in [2.24, 2.45) is 7.05 Å². The zero-order chi connectivity index (χ0) is 19.7. The summed E-state index contributed by atoms with van der Waals surface area (Å²) in [6.07, 6.45) is 2.32. The quantitative estimate of drug-likeness (QED) is 0.510. The van der Waals surface area contributed by atoms with Gasteiger partial charge in [-0.1, -0.05) is 64.1 Å². The van der Waals surface area contributed by atoms with E-state index in [1.807, 2.05) is 0 Å². The molecule has 0 aliphatic carbocycles. The van der Waals surface area contributed by atoms with Crippen LogP contribution in [0.4, 0.5) is 0 Å². The van der Waals surface area contributed by atoms with Gasteiger partial charge in [-0.2, -0.15) is 0 Å². The fourth-order valence-electron chi connectivity index (χ4n) is 4.95. The molecule has 1 aliphatic heterocycles. The molecule has 2 heterocycles. The molecule has 3 aromatic rings. The predicted molar refractivity (Wildman–Crippen MR) is 113 cm³/mol. The lowest BCUT2D eigenvalue weighted by atomic mass is 9.59. The number of fused-ring (bicyclic) bond motifs is 3. The average Bonchev–Trinajstić information content (AvgIpc) is 2.91. The SMILES string of the molecule is Cc1cccc(C)c1-c1c[n+](C)n2c1C(C)(C)C(C)(C)c1cccc(C)c1-2. The summed E-state index contributed by atoms with van der Waals surface area (Å²) in [5, 5.41) is 0. The van der Waals surface area contributed by atoms with Crippen LogP contribution in [0.2, 0.25) is 0 Å². The molecule has 140 valence electrons. The minimum Gasteiger partial charge on any atom is -0.124 e. The molecule has 1 aromatic heterocycles. The maximum absolute atomic E-state index is 2.46. The molecule has 0 saturated carbocycles. The molecule has 0 radical (unpaired) electrons. The lowest BCUT2D eigenvalue weighted by Crippen LogP contribution is -2.51. The molecular weight excluding hydrogens is 328 g/mol. The molecular formula is C25H31N2+. The van der Waals surface area contributed by atoms with Gasteiger partial charge in [-0.25, -0.2) is 0 Å². The summed E-state index contributed by atoms with van der Waals surface area (Å²) in [6.45, 7) is 16.3. The minimum atomic E-state index is -0.0148. The van der Waals surface area contributed by atoms with Crippen LogP contribution in [0.3, 0.4) is 0 Å². The Balaban J connectivity index is 2.19. The van der Waals surface area contributed by atoms with Crippen molar-refractivity contribution in [1.29, 1.82) is 0 Å². The molecule has 0 fully saturated rings. The third kappa shape index (κ3) is 2.22. The van der Waals surface area contributed by atoms with Crippen molar-refractivity contribution in [2.45, 2.75) is 59.3 Å². The highest BCUT2D eigenvalue weighted by Crippen LogP contribution is 2.52. The van der Waals surface area contributed by atoms with Gasteiger partial charge in [0.25, 0.3) is 0 Å². The van der Waals surface area contributed by atoms with Gasteiger partial charge in [0.1, 0.15) is 11.4 Å². The van der Waals surface area contributed by atoms with Gasteiger partial charge in [-0.3, -0.25) is 0 Å². The second-order valence-corrected chi connectivity index (χ2v) is 9.26. The molecule has 0 bridgehead atoms. The summed E-state index contributed by atoms with van der Waals surface area (Å²) in [7, 11) is 2.17. The van der Waals surface area contributed by atoms with E-state index in [1.54, 1.807) is 0 Å². The van der Waals surface area contributed by atoms with Gasteiger partial charge in [0.05, 0.1) is 5.56 Å². The summed E-state index contributed by atoms with van der Waals surface area (Å²) < 4.78 is 4.73. The number of aromatic nitrogens is 2. The smallest absolute Gasteiger partial charge is 0.124 e. The van der Waals surface area contributed by atoms with Crippen molar-refractivity contribution >= 4 is 0 Å². The zero-order valence-corrected chi connectivity index (χ0v) is 17.9. The molecule has 27 heavy (non-hydrogen) atoms. The first-order chi connectivity index (χ1) is 12.6. The molecule has 0 amide bonds. The van der Waals surface area contributed by atoms with Crippen molar-refractivity contribution in [1.82, 2.24) is 4.68 Å². The van der Waals surface area contributed by atoms with E-state index in [0.717, 1.165) is 0 Å². The van der Waals surface area contributed by atoms with Crippen molar-refractivity contribution in [3.63, 3.8) is 0 Å². The summed E-state index contributed by atoms with van der Waals surface area (Å²) in [5.74, 6) is 0. The lowest BCUT2D eigenvalue weighted by Gasteiger charge is -2.46. The Morgan fingerprint density at radius 3 is 1.96 bits per heavy atom. The summed E-state index contributed by atoms with van der Waals surface area (Å²) in [6, 6.07) is 13.4. The number of para-hydroxylation sites is 1. The molecule has 0 saturated heterocycles. The third-order valence-corrected chi connectivity index (χ3v) is 7.13. The second kappa shape index (κ2) is 5.58. The first-order valence-corrected chi connectivity index (χ1v) is 9.88. The van der Waals surface area contributed by atoms with E-state index in [-0.39, 0.29) is 10.8 Å². The summed E-state index contributed by atoms with van der Waals surface area (Å²) in [4.78, 5) is 0. The molecule has 2 nitrogen and oxygen atoms in total. The number of nitrogens with zero attached hydrogens (tertiary/aromatic N) is 2. The Bertz CT molecular complexity index is 1040. The molecule has 2 aromatic carbocycles. The van der Waals surface area contributed by atoms with E-state index in [0.29, 0.717) is 0 Å². The van der Waals surface area contributed by atoms with E-state index in [4.69, 9.17) is 0 Å². The standard InChI is InChI=1S/C25H31N2/c1-16-11-9-12-17(2)21(16)19-15-26(8)27-22-18(3)13-10-14-20(22)24(4,5)25(6,7)23(19)27/h9-15H,1-8H3/q+1. The third-order valence-electron chi connectivity index (χ3n) is 7.13. The highest BCUT2D eigenvalue weighted by molar-refractivity contribution is 5.75. The second-order valence-electron chi connectivity index (χ2n) is 9.26. The van der Waals surface area contributed by atoms with Crippen LogP contribution in [0.5, 0.6) is 0 Å². The van der Waals surface area contributed by atoms with E-state index >= 15 is 0 Å². The van der Waals surface area contributed by atoms with E-state index in [1.165, 1.54) is 44.8 Å². The van der Waals surface area contributed by atoms with Crippen LogP contribution >= 0.6 is 0 Å². The highest BCUT2D eigenvalue weighted by Gasteiger charge is 2.51. The van der Waals surface area contributed by atoms with E-state index < -0.39 is 0 Å². The molecule has 0 unspecified atom stereocenters. The first kappa shape index (κ1) is 18.0. The van der Waals surface area contributed by atoms with Crippen molar-refractivity contribution in [3.05, 3.63) is 70.5 Å². The van der Waals surface area contributed by atoms with E-state index in [9.17, 15) is 0 Å². The Morgan fingerprint density at radius 2 is 1.33 bits per heavy atom. The van der Waals surface area contributed by atoms with Crippen LogP contribution in [-0.2, 0) is 17.9 Å². The molecule has 4 rings (SSSR count). The van der Waals surface area contributed by atoms with Gasteiger partial charge in [-0.05, 0) is 48.6 Å². The van der Waals surface area contributed by atoms with E-state index in [2.05, 4.69) is 107 Å². The van der Waals surface area contributed by atoms with Gasteiger partial charge in [0.15, 0.2) is 7.05 Å². The fourth-order valence-corrected chi connectivity index (χ4v) is 4.95. The Kier molecular flexibility index (Phi) is 3.72. The zero-order valence-electron chi connectivity index (χ0n) is 17.9. The number of hydrogen-bond donors (Lipinski definition) is 0. The largest absolute Gasteiger partial charge is 0.203 e. The summed E-state index contributed by atoms with van der Waals surface area (Å²) >= 11 is 0. The number of hydrogen-bond acceptors (Lipinski definition) is 0. The molecule has 0 spiro atoms. The van der Waals surface area contributed by atoms with Crippen LogP contribution in [-0.4, -0.2) is 4.68 Å². The maximum atomic E-state index is 2.46. The average molecular weight is 360 g/mol. The van der Waals surface area contributed by atoms with Gasteiger partial charge >= 0.3 is 0 Å². The molecule has 0 N–H and O–H groups in total. The number of aryl methyl sites for hydroxylation is 4. The normalized spacial score (nSPS) is 16.7. The van der Waals surface area contributed by atoms with Crippen LogP contribution < -0.4 is 4.68 Å². The monoisotopic (exact) mass is 359 g/mol. The minimum absolute atomic E-state index is 0.0148. The first-order valence-electron chi connectivity index (χ1n) is 9.88. The lowest BCUT2D eigenvalue weighted by molar-refractivity contribution is -0.745. The predicted octanol–water partition coefficient (Wildman–Crippen LogP) is 5.46. The van der Waals surface area contributed by atoms with Crippen molar-refractivity contribution in [2.75, 3.05) is 0 Å². The van der Waals surface area contributed by atoms with Crippen LogP contribution in [0.25, 0.3) is 16.8 Å². The van der Waals surface area contributed by atoms with Gasteiger partial charge < -0.3 is 0 Å². The molecule has 1 aliphatic rings.